The van der Waals surface area contributed by atoms with Gasteiger partial charge >= 0.3 is 207 Å². The first kappa shape index (κ1) is 44.7. The van der Waals surface area contributed by atoms with Crippen LogP contribution in [0.15, 0.2) is 121 Å². The number of rotatable bonds is 7. The number of benzene rings is 6. The Kier molecular flexibility index (Phi) is 14.0. The molecule has 0 spiro atoms. The summed E-state index contributed by atoms with van der Waals surface area (Å²) in [7, 11) is 16.5. The number of fused-ring (bicyclic) bond motifs is 4. The van der Waals surface area contributed by atoms with E-state index < -0.39 is 18.4 Å². The molecule has 0 fully saturated rings. The van der Waals surface area contributed by atoms with Gasteiger partial charge in [0.25, 0.3) is 0 Å². The summed E-state index contributed by atoms with van der Waals surface area (Å²) >= 11 is -2.10. The first-order valence-corrected chi connectivity index (χ1v) is 29.0. The van der Waals surface area contributed by atoms with Crippen LogP contribution in [0.1, 0.15) is 0 Å². The van der Waals surface area contributed by atoms with E-state index in [9.17, 15) is 0 Å². The summed E-state index contributed by atoms with van der Waals surface area (Å²) in [5.74, 6) is 0. The van der Waals surface area contributed by atoms with Crippen LogP contribution in [0.2, 0.25) is 14.8 Å². The molecule has 0 saturated carbocycles. The molecule has 0 unspecified atom stereocenters. The summed E-state index contributed by atoms with van der Waals surface area (Å²) < 4.78 is 6.18. The van der Waals surface area contributed by atoms with E-state index in [1.165, 1.54) is 17.1 Å². The van der Waals surface area contributed by atoms with Gasteiger partial charge in [-0.25, -0.2) is 4.98 Å². The van der Waals surface area contributed by atoms with Crippen molar-refractivity contribution >= 4 is 112 Å². The zero-order valence-electron chi connectivity index (χ0n) is 35.7. The normalized spacial score (nSPS) is 11.1. The van der Waals surface area contributed by atoms with Gasteiger partial charge in [-0.2, -0.15) is 22.8 Å². The van der Waals surface area contributed by atoms with Crippen LogP contribution in [0.25, 0.3) is 55.5 Å². The van der Waals surface area contributed by atoms with Gasteiger partial charge in [-0.15, -0.1) is 0 Å². The van der Waals surface area contributed by atoms with Crippen LogP contribution >= 0.6 is 0 Å². The molecule has 8 nitrogen and oxygen atoms in total. The first-order chi connectivity index (χ1) is 26.7. The summed E-state index contributed by atoms with van der Waals surface area (Å²) in [6.07, 6.45) is 0. The molecule has 58 heavy (non-hydrogen) atoms. The number of halogens is 1. The Balaban J connectivity index is 0.000000215. The molecule has 6 aromatic carbocycles. The molecule has 11 heteroatoms. The smallest absolute Gasteiger partial charge is 1.00 e. The monoisotopic (exact) mass is 908 g/mol. The van der Waals surface area contributed by atoms with Crippen molar-refractivity contribution in [1.29, 1.82) is 0 Å². The van der Waals surface area contributed by atoms with Crippen LogP contribution in [0.4, 0.5) is 22.7 Å². The summed E-state index contributed by atoms with van der Waals surface area (Å²) in [6.45, 7) is 0. The Morgan fingerprint density at radius 3 is 1.00 bits per heavy atom. The number of hydrogen-bond acceptors (Lipinski definition) is 6. The van der Waals surface area contributed by atoms with Gasteiger partial charge in [0.2, 0.25) is 11.0 Å². The van der Waals surface area contributed by atoms with E-state index in [0.29, 0.717) is 0 Å². The number of hydrogen-bond donors (Lipinski definition) is 0. The first-order valence-electron chi connectivity index (χ1n) is 19.1. The van der Waals surface area contributed by atoms with Crippen molar-refractivity contribution in [2.75, 3.05) is 76.0 Å². The fourth-order valence-corrected chi connectivity index (χ4v) is 10.3. The summed E-state index contributed by atoms with van der Waals surface area (Å²) in [4.78, 5) is 25.8. The van der Waals surface area contributed by atoms with Gasteiger partial charge in [0.15, 0.2) is 0 Å². The Labute approximate surface area is 370 Å². The van der Waals surface area contributed by atoms with Crippen molar-refractivity contribution in [3.63, 3.8) is 0 Å². The fourth-order valence-electron chi connectivity index (χ4n) is 6.97. The molecular weight excluding hydrogens is 855 g/mol. The molecule has 0 atom stereocenters. The van der Waals surface area contributed by atoms with Crippen LogP contribution in [0, 0.1) is 6.07 Å². The maximum atomic E-state index is 4.97. The van der Waals surface area contributed by atoms with E-state index in [1.54, 1.807) is 3.58 Å². The largest absolute Gasteiger partial charge is 2.00 e. The molecule has 8 rings (SSSR count). The predicted molar refractivity (Wildman–Crippen MR) is 246 cm³/mol. The van der Waals surface area contributed by atoms with Crippen LogP contribution in [-0.4, -0.2) is 108 Å². The molecule has 0 aliphatic rings. The van der Waals surface area contributed by atoms with Gasteiger partial charge < -0.3 is 22.2 Å². The zero-order valence-corrected chi connectivity index (χ0v) is 40.7. The van der Waals surface area contributed by atoms with Crippen molar-refractivity contribution in [3.8, 4) is 11.4 Å². The Morgan fingerprint density at radius 1 is 0.431 bits per heavy atom. The van der Waals surface area contributed by atoms with E-state index in [1.807, 2.05) is 12.1 Å². The number of nitrogens with zero attached hydrogens (tertiary/aromatic N) is 8. The second-order valence-electron chi connectivity index (χ2n) is 16.2. The molecule has 2 heterocycles. The third-order valence-corrected chi connectivity index (χ3v) is 16.2. The van der Waals surface area contributed by atoms with Crippen molar-refractivity contribution in [3.05, 3.63) is 127 Å². The van der Waals surface area contributed by atoms with E-state index >= 15 is 0 Å². The van der Waals surface area contributed by atoms with Gasteiger partial charge in [0.1, 0.15) is 16.7 Å². The second kappa shape index (κ2) is 18.2. The molecule has 0 aliphatic heterocycles. The summed E-state index contributed by atoms with van der Waals surface area (Å²) in [5, 5.41) is 0. The maximum Gasteiger partial charge on any atom is 2.00 e. The number of anilines is 4. The zero-order chi connectivity index (χ0) is 39.9. The quantitative estimate of drug-likeness (QED) is 0.101. The van der Waals surface area contributed by atoms with Crippen LogP contribution in [0.5, 0.6) is 0 Å². The molecule has 0 radical (unpaired) electrons. The van der Waals surface area contributed by atoms with Gasteiger partial charge in [-0.1, -0.05) is 12.1 Å². The molecule has 0 bridgehead atoms. The van der Waals surface area contributed by atoms with E-state index in [0.717, 1.165) is 61.2 Å². The van der Waals surface area contributed by atoms with Crippen molar-refractivity contribution in [2.24, 2.45) is 0 Å². The van der Waals surface area contributed by atoms with Gasteiger partial charge in [0.05, 0.1) is 0 Å². The average molecular weight is 908 g/mol. The maximum absolute atomic E-state index is 4.97. The Morgan fingerprint density at radius 2 is 0.724 bits per heavy atom. The third-order valence-electron chi connectivity index (χ3n) is 10.3. The molecule has 2 aromatic heterocycles. The van der Waals surface area contributed by atoms with Gasteiger partial charge in [-0.3, -0.25) is 0 Å². The molecular formula is C47H53ClMgN8Sn+2. The molecule has 0 saturated heterocycles. The standard InChI is InChI=1S/2C22H22N4.3CH3.ClH.Mg.Sn/c2*1-24(2)17-10-12-19-21(14-17)26(16-8-6-5-7-9-16)22-15-18(25(3)4)11-13-20(22)23-19;;;;;;/h2*6-15H,1-4H3;3*1H3;1H;;/q;+1;;;;;+2;/p-1. The minimum atomic E-state index is -2.10. The SMILES string of the molecule is CN(C)c1ccc2nc3ccc(N(C)C)cc3[n+](-c3cc[c-]cc3)c2c1.CN(C)c1ccc2nc3ccc(N(C)C)cc3[n+](-c3cc[c]([Sn]([CH3])([CH3])[CH3])cc3)c2c1.[Cl-].[Mg+2]. The molecule has 292 valence electrons. The van der Waals surface area contributed by atoms with Crippen LogP contribution in [0.3, 0.4) is 0 Å². The Bertz CT molecular complexity index is 2570. The van der Waals surface area contributed by atoms with Crippen molar-refractivity contribution in [1.82, 2.24) is 9.97 Å². The van der Waals surface area contributed by atoms with Crippen molar-refractivity contribution in [2.45, 2.75) is 14.8 Å². The van der Waals surface area contributed by atoms with E-state index in [4.69, 9.17) is 9.97 Å². The molecule has 0 aliphatic carbocycles. The minimum Gasteiger partial charge on any atom is -1.00 e. The van der Waals surface area contributed by atoms with E-state index in [-0.39, 0.29) is 35.5 Å². The summed E-state index contributed by atoms with van der Waals surface area (Å²) in [5.41, 5.74) is 15.3. The van der Waals surface area contributed by atoms with Crippen molar-refractivity contribution < 1.29 is 21.5 Å². The van der Waals surface area contributed by atoms with E-state index in [2.05, 4.69) is 215 Å². The minimum absolute atomic E-state index is 0. The van der Waals surface area contributed by atoms with Gasteiger partial charge in [0, 0.05) is 51.7 Å². The second-order valence-corrected chi connectivity index (χ2v) is 30.7. The fraction of sp³-hybridized carbons (Fsp3) is 0.234. The molecule has 0 N–H and O–H groups in total. The Hall–Kier alpha value is -4.43. The topological polar surface area (TPSA) is 46.5 Å². The average Bonchev–Trinajstić information content (AvgIpc) is 3.18. The summed E-state index contributed by atoms with van der Waals surface area (Å²) in [6, 6.07) is 46.2. The van der Waals surface area contributed by atoms with Gasteiger partial charge in [-0.05, 0) is 24.3 Å². The third kappa shape index (κ3) is 9.23. The molecule has 0 amide bonds. The predicted octanol–water partition coefficient (Wildman–Crippen LogP) is 4.56. The van der Waals surface area contributed by atoms with Crippen LogP contribution in [-0.2, 0) is 0 Å². The molecule has 8 aromatic rings. The number of aromatic nitrogens is 4. The van der Waals surface area contributed by atoms with Crippen LogP contribution < -0.4 is 44.7 Å².